The molecule has 0 heterocycles. The first kappa shape index (κ1) is 12.4. The second-order valence-corrected chi connectivity index (χ2v) is 5.12. The molecule has 9 heteroatoms. The van der Waals surface area contributed by atoms with Crippen LogP contribution in [0, 0.1) is 0 Å². The molecule has 0 aliphatic carbocycles. The van der Waals surface area contributed by atoms with Crippen LogP contribution >= 0.6 is 34.8 Å². The summed E-state index contributed by atoms with van der Waals surface area (Å²) in [5, 5.41) is -0.204. The highest BCUT2D eigenvalue weighted by atomic mass is 35.5. The first-order valence-corrected chi connectivity index (χ1v) is 5.92. The third-order valence-electron chi connectivity index (χ3n) is 1.37. The predicted octanol–water partition coefficient (Wildman–Crippen LogP) is 3.65. The van der Waals surface area contributed by atoms with E-state index in [2.05, 4.69) is 9.43 Å². The summed E-state index contributed by atoms with van der Waals surface area (Å²) in [5.41, 5.74) is 8.07. The van der Waals surface area contributed by atoms with Gasteiger partial charge in [-0.1, -0.05) is 34.8 Å². The fraction of sp³-hybridized carbons (Fsp3) is 0. The lowest BCUT2D eigenvalue weighted by Gasteiger charge is -2.04. The molecule has 0 aromatic heterocycles. The summed E-state index contributed by atoms with van der Waals surface area (Å²) < 4.78 is 25.3. The van der Waals surface area contributed by atoms with E-state index in [0.717, 1.165) is 0 Å². The Morgan fingerprint density at radius 1 is 1.20 bits per heavy atom. The van der Waals surface area contributed by atoms with Gasteiger partial charge in [0.1, 0.15) is 4.90 Å². The molecule has 0 unspecified atom stereocenters. The maximum absolute atomic E-state index is 11.4. The van der Waals surface area contributed by atoms with Gasteiger partial charge < -0.3 is 0 Å². The summed E-state index contributed by atoms with van der Waals surface area (Å²) in [6, 6.07) is 2.38. The molecule has 0 atom stereocenters. The molecule has 5 nitrogen and oxygen atoms in total. The average molecular weight is 287 g/mol. The number of nitrogens with zero attached hydrogens (tertiary/aromatic N) is 3. The van der Waals surface area contributed by atoms with E-state index >= 15 is 0 Å². The van der Waals surface area contributed by atoms with Crippen LogP contribution in [0.4, 0.5) is 0 Å². The predicted molar refractivity (Wildman–Crippen MR) is 57.8 cm³/mol. The van der Waals surface area contributed by atoms with E-state index in [-0.39, 0.29) is 15.1 Å². The summed E-state index contributed by atoms with van der Waals surface area (Å²) in [6.45, 7) is 0. The van der Waals surface area contributed by atoms with Crippen LogP contribution in [0.1, 0.15) is 0 Å². The van der Waals surface area contributed by atoms with Crippen LogP contribution in [-0.4, -0.2) is 8.42 Å². The van der Waals surface area contributed by atoms with Gasteiger partial charge in [-0.3, -0.25) is 0 Å². The van der Waals surface area contributed by atoms with Crippen LogP contribution < -0.4 is 0 Å². The molecule has 1 rings (SSSR count). The number of hydrogen-bond acceptors (Lipinski definition) is 2. The van der Waals surface area contributed by atoms with E-state index in [1.165, 1.54) is 12.1 Å². The Labute approximate surface area is 100 Å². The Morgan fingerprint density at radius 2 is 1.67 bits per heavy atom. The maximum Gasteiger partial charge on any atom is 0.267 e. The van der Waals surface area contributed by atoms with Crippen molar-refractivity contribution >= 4 is 44.8 Å². The van der Waals surface area contributed by atoms with Crippen molar-refractivity contribution in [2.45, 2.75) is 4.90 Å². The molecule has 0 aliphatic heterocycles. The molecule has 0 radical (unpaired) electrons. The van der Waals surface area contributed by atoms with Crippen molar-refractivity contribution in [2.75, 3.05) is 0 Å². The summed E-state index contributed by atoms with van der Waals surface area (Å²) >= 11 is 16.8. The highest BCUT2D eigenvalue weighted by Gasteiger charge is 2.21. The summed E-state index contributed by atoms with van der Waals surface area (Å²) in [5.74, 6) is 0. The SMILES string of the molecule is [N-]=[N+]=NS(=O)(=O)c1c(Cl)cc(Cl)cc1Cl. The molecule has 15 heavy (non-hydrogen) atoms. The second-order valence-electron chi connectivity index (χ2n) is 2.34. The molecule has 0 N–H and O–H groups in total. The lowest BCUT2D eigenvalue weighted by molar-refractivity contribution is 0.597. The number of rotatable bonds is 2. The molecule has 0 bridgehead atoms. The van der Waals surface area contributed by atoms with Crippen LogP contribution in [0.5, 0.6) is 0 Å². The monoisotopic (exact) mass is 285 g/mol. The van der Waals surface area contributed by atoms with Crippen molar-refractivity contribution in [1.82, 2.24) is 0 Å². The lowest BCUT2D eigenvalue weighted by atomic mass is 10.4. The topological polar surface area (TPSA) is 82.9 Å². The molecular formula is C6H2Cl3N3O2S. The Balaban J connectivity index is 3.59. The highest BCUT2D eigenvalue weighted by molar-refractivity contribution is 7.90. The van der Waals surface area contributed by atoms with Crippen LogP contribution in [0.3, 0.4) is 0 Å². The molecular weight excluding hydrogens is 285 g/mol. The summed E-state index contributed by atoms with van der Waals surface area (Å²) in [7, 11) is -4.20. The molecule has 0 spiro atoms. The van der Waals surface area contributed by atoms with Crippen molar-refractivity contribution in [1.29, 1.82) is 0 Å². The molecule has 0 aliphatic rings. The number of azide groups is 1. The number of benzene rings is 1. The third kappa shape index (κ3) is 2.68. The molecule has 1 aromatic carbocycles. The Morgan fingerprint density at radius 3 is 2.07 bits per heavy atom. The van der Waals surface area contributed by atoms with Gasteiger partial charge in [0.25, 0.3) is 10.0 Å². The van der Waals surface area contributed by atoms with Gasteiger partial charge in [-0.2, -0.15) is 0 Å². The number of halogens is 3. The Kier molecular flexibility index (Phi) is 3.70. The third-order valence-corrected chi connectivity index (χ3v) is 3.65. The molecule has 1 aromatic rings. The van der Waals surface area contributed by atoms with Crippen LogP contribution in [0.25, 0.3) is 10.4 Å². The van der Waals surface area contributed by atoms with Gasteiger partial charge in [0.2, 0.25) is 0 Å². The van der Waals surface area contributed by atoms with Gasteiger partial charge >= 0.3 is 0 Å². The summed E-state index contributed by atoms with van der Waals surface area (Å²) in [6.07, 6.45) is 0. The normalized spacial score (nSPS) is 10.9. The minimum Gasteiger partial charge on any atom is -0.216 e. The van der Waals surface area contributed by atoms with Crippen molar-refractivity contribution < 1.29 is 8.42 Å². The van der Waals surface area contributed by atoms with Crippen LogP contribution in [-0.2, 0) is 10.0 Å². The number of sulfonamides is 1. The molecule has 0 saturated heterocycles. The average Bonchev–Trinajstić information content (AvgIpc) is 1.99. The van der Waals surface area contributed by atoms with E-state index in [1.54, 1.807) is 0 Å². The van der Waals surface area contributed by atoms with Crippen molar-refractivity contribution in [3.8, 4) is 0 Å². The van der Waals surface area contributed by atoms with E-state index < -0.39 is 14.9 Å². The van der Waals surface area contributed by atoms with Crippen molar-refractivity contribution in [3.05, 3.63) is 37.6 Å². The van der Waals surface area contributed by atoms with Gasteiger partial charge in [-0.15, -0.1) is 0 Å². The van der Waals surface area contributed by atoms with E-state index in [4.69, 9.17) is 40.3 Å². The zero-order chi connectivity index (χ0) is 11.6. The van der Waals surface area contributed by atoms with Gasteiger partial charge in [0.05, 0.1) is 10.0 Å². The highest BCUT2D eigenvalue weighted by Crippen LogP contribution is 2.33. The summed E-state index contributed by atoms with van der Waals surface area (Å²) in [4.78, 5) is 1.72. The van der Waals surface area contributed by atoms with E-state index in [0.29, 0.717) is 0 Å². The standard InChI is InChI=1S/C6H2Cl3N3O2S/c7-3-1-4(8)6(5(9)2-3)15(13,14)12-11-10/h1-2H. The second kappa shape index (κ2) is 4.47. The first-order valence-electron chi connectivity index (χ1n) is 3.34. The lowest BCUT2D eigenvalue weighted by Crippen LogP contribution is -1.97. The fourth-order valence-corrected chi connectivity index (χ4v) is 3.05. The van der Waals surface area contributed by atoms with Gasteiger partial charge in [0.15, 0.2) is 0 Å². The van der Waals surface area contributed by atoms with E-state index in [9.17, 15) is 8.42 Å². The smallest absolute Gasteiger partial charge is 0.216 e. The number of hydrogen-bond donors (Lipinski definition) is 0. The largest absolute Gasteiger partial charge is 0.267 e. The molecule has 80 valence electrons. The van der Waals surface area contributed by atoms with Gasteiger partial charge in [-0.05, 0) is 17.7 Å². The first-order chi connectivity index (χ1) is 6.88. The van der Waals surface area contributed by atoms with E-state index in [1.807, 2.05) is 0 Å². The molecule has 0 saturated carbocycles. The van der Waals surface area contributed by atoms with Crippen LogP contribution in [0.15, 0.2) is 21.5 Å². The minimum absolute atomic E-state index is 0.185. The maximum atomic E-state index is 11.4. The van der Waals surface area contributed by atoms with Crippen molar-refractivity contribution in [3.63, 3.8) is 0 Å². The Hall–Kier alpha value is -0.650. The van der Waals surface area contributed by atoms with Gasteiger partial charge in [-0.25, -0.2) is 8.42 Å². The van der Waals surface area contributed by atoms with Crippen LogP contribution in [0.2, 0.25) is 15.1 Å². The minimum atomic E-state index is -4.20. The van der Waals surface area contributed by atoms with Crippen molar-refractivity contribution in [2.24, 2.45) is 4.52 Å². The van der Waals surface area contributed by atoms with Gasteiger partial charge in [0, 0.05) is 14.5 Å². The quantitative estimate of drug-likeness (QED) is 0.472. The fourth-order valence-electron chi connectivity index (χ4n) is 0.864. The molecule has 0 amide bonds. The zero-order valence-corrected chi connectivity index (χ0v) is 9.94. The zero-order valence-electron chi connectivity index (χ0n) is 6.85. The molecule has 0 fully saturated rings. The Bertz CT molecular complexity index is 528.